The molecule has 18 heavy (non-hydrogen) atoms. The van der Waals surface area contributed by atoms with E-state index in [0.717, 1.165) is 12.8 Å². The molecule has 0 unspecified atom stereocenters. The molecule has 0 aliphatic carbocycles. The van der Waals surface area contributed by atoms with E-state index in [1.165, 1.54) is 11.1 Å². The highest BCUT2D eigenvalue weighted by atomic mass is 16.3. The zero-order valence-electron chi connectivity index (χ0n) is 10.9. The molecule has 4 nitrogen and oxygen atoms in total. The molecule has 2 amide bonds. The first-order chi connectivity index (χ1) is 8.76. The molecular formula is C14H22N2O2. The van der Waals surface area contributed by atoms with Crippen molar-refractivity contribution in [1.82, 2.24) is 10.6 Å². The normalized spacial score (nSPS) is 10.1. The zero-order chi connectivity index (χ0) is 13.2. The lowest BCUT2D eigenvalue weighted by Crippen LogP contribution is -2.37. The second-order valence-corrected chi connectivity index (χ2v) is 4.18. The number of amides is 2. The molecule has 4 heteroatoms. The molecule has 0 atom stereocenters. The van der Waals surface area contributed by atoms with Gasteiger partial charge in [-0.15, -0.1) is 0 Å². The van der Waals surface area contributed by atoms with E-state index < -0.39 is 0 Å². The largest absolute Gasteiger partial charge is 0.396 e. The van der Waals surface area contributed by atoms with Gasteiger partial charge >= 0.3 is 6.03 Å². The summed E-state index contributed by atoms with van der Waals surface area (Å²) in [5.74, 6) is 0. The number of rotatable bonds is 7. The number of nitrogens with one attached hydrogen (secondary N) is 2. The molecule has 0 spiro atoms. The van der Waals surface area contributed by atoms with Crippen molar-refractivity contribution in [2.45, 2.75) is 26.2 Å². The van der Waals surface area contributed by atoms with Gasteiger partial charge in [-0.2, -0.15) is 0 Å². The van der Waals surface area contributed by atoms with Crippen molar-refractivity contribution in [3.05, 3.63) is 35.4 Å². The standard InChI is InChI=1S/C14H22N2O2/c1-2-12-4-6-13(7-5-12)8-10-16-14(18)15-9-3-11-17/h4-7,17H,2-3,8-11H2,1H3,(H2,15,16,18). The molecule has 0 aromatic heterocycles. The van der Waals surface area contributed by atoms with E-state index in [1.54, 1.807) is 0 Å². The Bertz CT molecular complexity index is 349. The molecule has 3 N–H and O–H groups in total. The van der Waals surface area contributed by atoms with Gasteiger partial charge < -0.3 is 15.7 Å². The average molecular weight is 250 g/mol. The van der Waals surface area contributed by atoms with Crippen molar-refractivity contribution >= 4 is 6.03 Å². The maximum Gasteiger partial charge on any atom is 0.314 e. The van der Waals surface area contributed by atoms with E-state index in [9.17, 15) is 4.79 Å². The monoisotopic (exact) mass is 250 g/mol. The topological polar surface area (TPSA) is 61.4 Å². The third kappa shape index (κ3) is 5.68. The Morgan fingerprint density at radius 1 is 1.11 bits per heavy atom. The summed E-state index contributed by atoms with van der Waals surface area (Å²) in [7, 11) is 0. The van der Waals surface area contributed by atoms with Crippen LogP contribution in [0.25, 0.3) is 0 Å². The van der Waals surface area contributed by atoms with Gasteiger partial charge in [-0.3, -0.25) is 0 Å². The summed E-state index contributed by atoms with van der Waals surface area (Å²) in [6.45, 7) is 3.36. The van der Waals surface area contributed by atoms with Gasteiger partial charge in [-0.25, -0.2) is 4.79 Å². The average Bonchev–Trinajstić information content (AvgIpc) is 2.40. The lowest BCUT2D eigenvalue weighted by Gasteiger charge is -2.07. The molecule has 0 radical (unpaired) electrons. The molecular weight excluding hydrogens is 228 g/mol. The quantitative estimate of drug-likeness (QED) is 0.642. The first-order valence-corrected chi connectivity index (χ1v) is 6.46. The minimum absolute atomic E-state index is 0.101. The number of hydrogen-bond donors (Lipinski definition) is 3. The molecule has 0 aliphatic heterocycles. The van der Waals surface area contributed by atoms with Crippen LogP contribution in [0, 0.1) is 0 Å². The Morgan fingerprint density at radius 3 is 2.33 bits per heavy atom. The molecule has 1 rings (SSSR count). The van der Waals surface area contributed by atoms with Crippen LogP contribution in [0.5, 0.6) is 0 Å². The van der Waals surface area contributed by atoms with Crippen LogP contribution in [0.15, 0.2) is 24.3 Å². The fourth-order valence-corrected chi connectivity index (χ4v) is 1.61. The summed E-state index contributed by atoms with van der Waals surface area (Å²) in [6, 6.07) is 8.27. The van der Waals surface area contributed by atoms with Gasteiger partial charge in [0, 0.05) is 19.7 Å². The summed E-state index contributed by atoms with van der Waals surface area (Å²) in [4.78, 5) is 11.3. The van der Waals surface area contributed by atoms with E-state index in [1.807, 2.05) is 0 Å². The third-order valence-corrected chi connectivity index (χ3v) is 2.75. The maximum atomic E-state index is 11.3. The van der Waals surface area contributed by atoms with Crippen LogP contribution in [-0.2, 0) is 12.8 Å². The van der Waals surface area contributed by atoms with Crippen LogP contribution in [0.1, 0.15) is 24.5 Å². The SMILES string of the molecule is CCc1ccc(CCNC(=O)NCCCO)cc1. The lowest BCUT2D eigenvalue weighted by atomic mass is 10.1. The van der Waals surface area contributed by atoms with E-state index in [4.69, 9.17) is 5.11 Å². The van der Waals surface area contributed by atoms with E-state index in [-0.39, 0.29) is 12.6 Å². The first kappa shape index (κ1) is 14.5. The molecule has 0 aliphatic rings. The van der Waals surface area contributed by atoms with Crippen LogP contribution >= 0.6 is 0 Å². The van der Waals surface area contributed by atoms with Gasteiger partial charge in [-0.05, 0) is 30.4 Å². The maximum absolute atomic E-state index is 11.3. The van der Waals surface area contributed by atoms with Crippen LogP contribution in [-0.4, -0.2) is 30.8 Å². The number of hydrogen-bond acceptors (Lipinski definition) is 2. The minimum Gasteiger partial charge on any atom is -0.396 e. The molecule has 0 saturated heterocycles. The Hall–Kier alpha value is -1.55. The molecule has 1 aromatic rings. The molecule has 0 fully saturated rings. The number of aliphatic hydroxyl groups excluding tert-OH is 1. The van der Waals surface area contributed by atoms with Crippen molar-refractivity contribution in [2.75, 3.05) is 19.7 Å². The fourth-order valence-electron chi connectivity index (χ4n) is 1.61. The van der Waals surface area contributed by atoms with E-state index in [2.05, 4.69) is 41.8 Å². The van der Waals surface area contributed by atoms with Crippen molar-refractivity contribution in [2.24, 2.45) is 0 Å². The summed E-state index contributed by atoms with van der Waals surface area (Å²) in [5.41, 5.74) is 2.55. The fraction of sp³-hybridized carbons (Fsp3) is 0.500. The number of benzene rings is 1. The number of aryl methyl sites for hydroxylation is 1. The number of aliphatic hydroxyl groups is 1. The lowest BCUT2D eigenvalue weighted by molar-refractivity contribution is 0.238. The van der Waals surface area contributed by atoms with Gasteiger partial charge in [0.2, 0.25) is 0 Å². The van der Waals surface area contributed by atoms with Crippen molar-refractivity contribution in [1.29, 1.82) is 0 Å². The van der Waals surface area contributed by atoms with Gasteiger partial charge in [0.1, 0.15) is 0 Å². The van der Waals surface area contributed by atoms with E-state index in [0.29, 0.717) is 19.5 Å². The second-order valence-electron chi connectivity index (χ2n) is 4.18. The highest BCUT2D eigenvalue weighted by Crippen LogP contribution is 2.05. The molecule has 0 bridgehead atoms. The van der Waals surface area contributed by atoms with Gasteiger partial charge in [0.25, 0.3) is 0 Å². The van der Waals surface area contributed by atoms with Crippen molar-refractivity contribution in [3.8, 4) is 0 Å². The third-order valence-electron chi connectivity index (χ3n) is 2.75. The van der Waals surface area contributed by atoms with Crippen LogP contribution < -0.4 is 10.6 Å². The summed E-state index contributed by atoms with van der Waals surface area (Å²) < 4.78 is 0. The Kier molecular flexibility index (Phi) is 6.87. The van der Waals surface area contributed by atoms with E-state index >= 15 is 0 Å². The van der Waals surface area contributed by atoms with Crippen LogP contribution in [0.2, 0.25) is 0 Å². The van der Waals surface area contributed by atoms with Crippen molar-refractivity contribution in [3.63, 3.8) is 0 Å². The predicted molar refractivity (Wildman–Crippen MR) is 72.6 cm³/mol. The Labute approximate surface area is 108 Å². The number of carbonyl (C=O) groups excluding carboxylic acids is 1. The first-order valence-electron chi connectivity index (χ1n) is 6.46. The van der Waals surface area contributed by atoms with Crippen LogP contribution in [0.4, 0.5) is 4.79 Å². The summed E-state index contributed by atoms with van der Waals surface area (Å²) >= 11 is 0. The van der Waals surface area contributed by atoms with Gasteiger partial charge in [0.15, 0.2) is 0 Å². The van der Waals surface area contributed by atoms with Crippen LogP contribution in [0.3, 0.4) is 0 Å². The molecule has 1 aromatic carbocycles. The molecule has 0 heterocycles. The molecule has 100 valence electrons. The second kappa shape index (κ2) is 8.53. The summed E-state index contributed by atoms with van der Waals surface area (Å²) in [6.07, 6.45) is 2.47. The Morgan fingerprint density at radius 2 is 1.72 bits per heavy atom. The highest BCUT2D eigenvalue weighted by Gasteiger charge is 1.99. The number of carbonyl (C=O) groups is 1. The minimum atomic E-state index is -0.173. The smallest absolute Gasteiger partial charge is 0.314 e. The van der Waals surface area contributed by atoms with Gasteiger partial charge in [0.05, 0.1) is 0 Å². The highest BCUT2D eigenvalue weighted by molar-refractivity contribution is 5.73. The predicted octanol–water partition coefficient (Wildman–Crippen LogP) is 1.47. The van der Waals surface area contributed by atoms with Crippen molar-refractivity contribution < 1.29 is 9.90 Å². The number of urea groups is 1. The summed E-state index contributed by atoms with van der Waals surface area (Å²) in [5, 5.41) is 14.0. The van der Waals surface area contributed by atoms with Gasteiger partial charge in [-0.1, -0.05) is 31.2 Å². The molecule has 0 saturated carbocycles. The zero-order valence-corrected chi connectivity index (χ0v) is 10.9. The Balaban J connectivity index is 2.18.